The van der Waals surface area contributed by atoms with Crippen molar-refractivity contribution in [2.24, 2.45) is 11.8 Å². The van der Waals surface area contributed by atoms with Gasteiger partial charge in [-0.1, -0.05) is 6.42 Å². The SMILES string of the molecule is COc1ccc(OC)c(N2C[C@H](C(=O)NC[C@@H]3CCCN4CCCC[C@H]34)CC2=O)c1. The number of anilines is 1. The quantitative estimate of drug-likeness (QED) is 0.773. The molecule has 3 saturated heterocycles. The smallest absolute Gasteiger partial charge is 0.227 e. The highest BCUT2D eigenvalue weighted by Gasteiger charge is 2.38. The topological polar surface area (TPSA) is 71.1 Å². The first kappa shape index (κ1) is 21.0. The van der Waals surface area contributed by atoms with E-state index in [0.717, 1.165) is 0 Å². The van der Waals surface area contributed by atoms with Crippen LogP contribution in [0.3, 0.4) is 0 Å². The highest BCUT2D eigenvalue weighted by atomic mass is 16.5. The van der Waals surface area contributed by atoms with Crippen molar-refractivity contribution >= 4 is 17.5 Å². The predicted molar refractivity (Wildman–Crippen MR) is 115 cm³/mol. The molecule has 0 spiro atoms. The molecule has 3 heterocycles. The van der Waals surface area contributed by atoms with Gasteiger partial charge in [0.25, 0.3) is 0 Å². The van der Waals surface area contributed by atoms with Crippen molar-refractivity contribution in [3.8, 4) is 11.5 Å². The van der Waals surface area contributed by atoms with Crippen LogP contribution in [0.1, 0.15) is 38.5 Å². The number of benzene rings is 1. The van der Waals surface area contributed by atoms with Gasteiger partial charge in [0.05, 0.1) is 25.8 Å². The molecule has 0 aliphatic carbocycles. The highest BCUT2D eigenvalue weighted by Crippen LogP contribution is 2.36. The number of methoxy groups -OCH3 is 2. The number of nitrogens with one attached hydrogen (secondary N) is 1. The standard InChI is InChI=1S/C23H33N3O4/c1-29-18-8-9-21(30-2)20(13-18)26-15-17(12-22(26)27)23(28)24-14-16-6-5-11-25-10-4-3-7-19(16)25/h8-9,13,16-17,19H,3-7,10-12,14-15H2,1-2H3,(H,24,28)/t16-,17+,19+/m0/s1. The third-order valence-electron chi connectivity index (χ3n) is 6.94. The van der Waals surface area contributed by atoms with Crippen molar-refractivity contribution in [1.82, 2.24) is 10.2 Å². The molecule has 7 heteroatoms. The lowest BCUT2D eigenvalue weighted by molar-refractivity contribution is -0.126. The van der Waals surface area contributed by atoms with Gasteiger partial charge in [-0.3, -0.25) is 9.59 Å². The lowest BCUT2D eigenvalue weighted by atomic mass is 9.83. The summed E-state index contributed by atoms with van der Waals surface area (Å²) in [5.41, 5.74) is 0.655. The van der Waals surface area contributed by atoms with Gasteiger partial charge >= 0.3 is 0 Å². The van der Waals surface area contributed by atoms with Gasteiger partial charge in [-0.05, 0) is 56.8 Å². The van der Waals surface area contributed by atoms with Crippen LogP contribution in [0.5, 0.6) is 11.5 Å². The van der Waals surface area contributed by atoms with Crippen molar-refractivity contribution in [1.29, 1.82) is 0 Å². The molecule has 164 valence electrons. The Morgan fingerprint density at radius 3 is 2.77 bits per heavy atom. The molecule has 30 heavy (non-hydrogen) atoms. The Balaban J connectivity index is 1.37. The molecule has 2 amide bonds. The van der Waals surface area contributed by atoms with Crippen LogP contribution in [0.4, 0.5) is 5.69 Å². The van der Waals surface area contributed by atoms with Gasteiger partial charge in [0.2, 0.25) is 11.8 Å². The molecule has 4 rings (SSSR count). The van der Waals surface area contributed by atoms with E-state index in [1.54, 1.807) is 37.3 Å². The zero-order valence-electron chi connectivity index (χ0n) is 18.1. The summed E-state index contributed by atoms with van der Waals surface area (Å²) in [6.07, 6.45) is 6.45. The van der Waals surface area contributed by atoms with Crippen LogP contribution in [0, 0.1) is 11.8 Å². The Morgan fingerprint density at radius 1 is 1.13 bits per heavy atom. The lowest BCUT2D eigenvalue weighted by Crippen LogP contribution is -2.51. The average molecular weight is 416 g/mol. The Kier molecular flexibility index (Phi) is 6.46. The molecule has 3 fully saturated rings. The molecular weight excluding hydrogens is 382 g/mol. The van der Waals surface area contributed by atoms with Crippen LogP contribution in [-0.2, 0) is 9.59 Å². The van der Waals surface area contributed by atoms with Crippen LogP contribution in [-0.4, -0.2) is 63.2 Å². The number of carbonyl (C=O) groups is 2. The zero-order valence-corrected chi connectivity index (χ0v) is 18.1. The van der Waals surface area contributed by atoms with Crippen LogP contribution in [0.25, 0.3) is 0 Å². The number of rotatable bonds is 6. The summed E-state index contributed by atoms with van der Waals surface area (Å²) in [5, 5.41) is 3.17. The van der Waals surface area contributed by atoms with E-state index in [4.69, 9.17) is 9.47 Å². The Labute approximate surface area is 178 Å². The van der Waals surface area contributed by atoms with E-state index < -0.39 is 0 Å². The summed E-state index contributed by atoms with van der Waals surface area (Å²) < 4.78 is 10.7. The number of ether oxygens (including phenoxy) is 2. The second-order valence-corrected chi connectivity index (χ2v) is 8.69. The summed E-state index contributed by atoms with van der Waals surface area (Å²) in [7, 11) is 3.17. The van der Waals surface area contributed by atoms with Crippen LogP contribution in [0.2, 0.25) is 0 Å². The van der Waals surface area contributed by atoms with Crippen molar-refractivity contribution in [3.05, 3.63) is 18.2 Å². The van der Waals surface area contributed by atoms with Gasteiger partial charge in [-0.25, -0.2) is 0 Å². The van der Waals surface area contributed by atoms with E-state index in [1.165, 1.54) is 45.2 Å². The zero-order chi connectivity index (χ0) is 21.1. The fraction of sp³-hybridized carbons (Fsp3) is 0.652. The van der Waals surface area contributed by atoms with E-state index in [0.29, 0.717) is 42.2 Å². The lowest BCUT2D eigenvalue weighted by Gasteiger charge is -2.44. The summed E-state index contributed by atoms with van der Waals surface area (Å²) in [5.74, 6) is 1.37. The number of nitrogens with zero attached hydrogens (tertiary/aromatic N) is 2. The van der Waals surface area contributed by atoms with E-state index in [2.05, 4.69) is 10.2 Å². The maximum Gasteiger partial charge on any atom is 0.227 e. The molecule has 0 unspecified atom stereocenters. The molecular formula is C23H33N3O4. The maximum atomic E-state index is 12.9. The third-order valence-corrected chi connectivity index (χ3v) is 6.94. The van der Waals surface area contributed by atoms with Gasteiger partial charge in [-0.2, -0.15) is 0 Å². The van der Waals surface area contributed by atoms with Crippen LogP contribution in [0.15, 0.2) is 18.2 Å². The van der Waals surface area contributed by atoms with E-state index in [1.807, 2.05) is 0 Å². The van der Waals surface area contributed by atoms with Crippen molar-refractivity contribution in [3.63, 3.8) is 0 Å². The summed E-state index contributed by atoms with van der Waals surface area (Å²) in [6, 6.07) is 5.98. The monoisotopic (exact) mass is 415 g/mol. The van der Waals surface area contributed by atoms with Gasteiger partial charge in [0.1, 0.15) is 11.5 Å². The van der Waals surface area contributed by atoms with Gasteiger partial charge < -0.3 is 24.6 Å². The first-order chi connectivity index (χ1) is 14.6. The molecule has 3 aliphatic rings. The summed E-state index contributed by atoms with van der Waals surface area (Å²) in [4.78, 5) is 29.8. The molecule has 1 N–H and O–H groups in total. The fourth-order valence-corrected chi connectivity index (χ4v) is 5.32. The van der Waals surface area contributed by atoms with Crippen molar-refractivity contribution < 1.29 is 19.1 Å². The van der Waals surface area contributed by atoms with Gasteiger partial charge in [0, 0.05) is 31.6 Å². The first-order valence-electron chi connectivity index (χ1n) is 11.1. The molecule has 0 saturated carbocycles. The van der Waals surface area contributed by atoms with Crippen LogP contribution >= 0.6 is 0 Å². The normalized spacial score (nSPS) is 26.9. The summed E-state index contributed by atoms with van der Waals surface area (Å²) in [6.45, 7) is 3.48. The second-order valence-electron chi connectivity index (χ2n) is 8.69. The first-order valence-corrected chi connectivity index (χ1v) is 11.1. The Bertz CT molecular complexity index is 782. The second kappa shape index (κ2) is 9.25. The largest absolute Gasteiger partial charge is 0.497 e. The molecule has 3 aliphatic heterocycles. The molecule has 0 aromatic heterocycles. The maximum absolute atomic E-state index is 12.9. The highest BCUT2D eigenvalue weighted by molar-refractivity contribution is 6.01. The molecule has 1 aromatic carbocycles. The number of carbonyl (C=O) groups excluding carboxylic acids is 2. The minimum atomic E-state index is -0.334. The number of fused-ring (bicyclic) bond motifs is 1. The molecule has 0 bridgehead atoms. The predicted octanol–water partition coefficient (Wildman–Crippen LogP) is 2.44. The molecule has 7 nitrogen and oxygen atoms in total. The van der Waals surface area contributed by atoms with Crippen molar-refractivity contribution in [2.45, 2.75) is 44.6 Å². The number of amides is 2. The van der Waals surface area contributed by atoms with Gasteiger partial charge in [0.15, 0.2) is 0 Å². The number of hydrogen-bond donors (Lipinski definition) is 1. The molecule has 0 radical (unpaired) electrons. The minimum Gasteiger partial charge on any atom is -0.497 e. The van der Waals surface area contributed by atoms with E-state index in [9.17, 15) is 9.59 Å². The molecule has 3 atom stereocenters. The third kappa shape index (κ3) is 4.26. The summed E-state index contributed by atoms with van der Waals surface area (Å²) >= 11 is 0. The fourth-order valence-electron chi connectivity index (χ4n) is 5.32. The Morgan fingerprint density at radius 2 is 1.97 bits per heavy atom. The number of hydrogen-bond acceptors (Lipinski definition) is 5. The van der Waals surface area contributed by atoms with Gasteiger partial charge in [-0.15, -0.1) is 0 Å². The van der Waals surface area contributed by atoms with E-state index in [-0.39, 0.29) is 24.2 Å². The van der Waals surface area contributed by atoms with E-state index >= 15 is 0 Å². The molecule has 1 aromatic rings. The van der Waals surface area contributed by atoms with Crippen LogP contribution < -0.4 is 19.7 Å². The number of piperidine rings is 2. The Hall–Kier alpha value is -2.28. The minimum absolute atomic E-state index is 0.0133. The van der Waals surface area contributed by atoms with Crippen molar-refractivity contribution in [2.75, 3.05) is 45.3 Å². The average Bonchev–Trinajstić information content (AvgIpc) is 3.18.